The number of alkyl halides is 2. The number of carbonyl (C=O) groups is 1. The van der Waals surface area contributed by atoms with Gasteiger partial charge in [-0.05, 0) is 18.2 Å². The molecule has 1 aromatic carbocycles. The molecule has 1 aromatic heterocycles. The number of ether oxygens (including phenoxy) is 1. The molecule has 27 heavy (non-hydrogen) atoms. The molecule has 6 nitrogen and oxygen atoms in total. The van der Waals surface area contributed by atoms with Gasteiger partial charge < -0.3 is 15.8 Å². The molecule has 0 radical (unpaired) electrons. The van der Waals surface area contributed by atoms with E-state index in [0.717, 1.165) is 18.2 Å². The summed E-state index contributed by atoms with van der Waals surface area (Å²) in [5.41, 5.74) is 3.89. The Labute approximate surface area is 148 Å². The minimum Gasteiger partial charge on any atom is -0.459 e. The lowest BCUT2D eigenvalue weighted by atomic mass is 9.99. The molecule has 0 aliphatic carbocycles. The molecular weight excluding hydrogens is 375 g/mol. The van der Waals surface area contributed by atoms with Crippen molar-refractivity contribution in [3.63, 3.8) is 0 Å². The van der Waals surface area contributed by atoms with E-state index < -0.39 is 59.2 Å². The smallest absolute Gasteiger partial charge is 0.307 e. The number of nitrogens with one attached hydrogen (secondary N) is 1. The molecule has 2 aromatic rings. The van der Waals surface area contributed by atoms with Crippen LogP contribution in [0.2, 0.25) is 0 Å². The molecule has 1 aliphatic rings. The number of hydrogen-bond donors (Lipinski definition) is 2. The average molecular weight is 386 g/mol. The molecule has 1 unspecified atom stereocenters. The topological polar surface area (TPSA) is 89.6 Å². The average Bonchev–Trinajstić information content (AvgIpc) is 2.59. The minimum absolute atomic E-state index is 0.127. The Bertz CT molecular complexity index is 935. The molecule has 1 amide bonds. The summed E-state index contributed by atoms with van der Waals surface area (Å²) in [7, 11) is 0. The van der Waals surface area contributed by atoms with E-state index in [0.29, 0.717) is 12.3 Å². The van der Waals surface area contributed by atoms with Crippen LogP contribution in [0.4, 0.5) is 27.6 Å². The van der Waals surface area contributed by atoms with Gasteiger partial charge in [-0.2, -0.15) is 0 Å². The Hall–Kier alpha value is -3.24. The zero-order chi connectivity index (χ0) is 19.8. The first-order valence-electron chi connectivity index (χ1n) is 7.43. The van der Waals surface area contributed by atoms with Gasteiger partial charge in [0.15, 0.2) is 24.2 Å². The molecule has 1 atom stereocenters. The standard InChI is InChI=1S/C16H11F5N4O2/c17-7-3-11(19)12(23-5-7)14(26)24-8-1-2-10(18)9(4-8)13-16(20,21)6-27-15(22)25-13/h1-5,13H,6H2,(H2,22,25)(H,24,26). The van der Waals surface area contributed by atoms with Crippen molar-refractivity contribution in [1.82, 2.24) is 4.98 Å². The largest absolute Gasteiger partial charge is 0.459 e. The van der Waals surface area contributed by atoms with E-state index in [1.165, 1.54) is 0 Å². The van der Waals surface area contributed by atoms with Crippen molar-refractivity contribution in [3.05, 3.63) is 59.2 Å². The number of anilines is 1. The number of halogens is 5. The van der Waals surface area contributed by atoms with Gasteiger partial charge in [-0.15, -0.1) is 0 Å². The number of carbonyl (C=O) groups excluding carboxylic acids is 1. The van der Waals surface area contributed by atoms with Crippen molar-refractivity contribution < 1.29 is 31.5 Å². The Balaban J connectivity index is 1.91. The first-order chi connectivity index (χ1) is 12.7. The summed E-state index contributed by atoms with van der Waals surface area (Å²) >= 11 is 0. The van der Waals surface area contributed by atoms with E-state index in [-0.39, 0.29) is 5.69 Å². The number of benzene rings is 1. The van der Waals surface area contributed by atoms with Crippen molar-refractivity contribution >= 4 is 17.6 Å². The van der Waals surface area contributed by atoms with Gasteiger partial charge in [-0.25, -0.2) is 31.9 Å². The van der Waals surface area contributed by atoms with Crippen LogP contribution in [-0.2, 0) is 4.74 Å². The zero-order valence-corrected chi connectivity index (χ0v) is 13.3. The van der Waals surface area contributed by atoms with Crippen LogP contribution in [0, 0.1) is 17.5 Å². The number of rotatable bonds is 3. The van der Waals surface area contributed by atoms with Gasteiger partial charge in [0.1, 0.15) is 11.6 Å². The molecule has 0 saturated carbocycles. The van der Waals surface area contributed by atoms with Crippen LogP contribution in [0.3, 0.4) is 0 Å². The van der Waals surface area contributed by atoms with Gasteiger partial charge in [0.05, 0.1) is 6.20 Å². The summed E-state index contributed by atoms with van der Waals surface area (Å²) in [4.78, 5) is 18.8. The van der Waals surface area contributed by atoms with Crippen molar-refractivity contribution in [2.45, 2.75) is 12.0 Å². The Morgan fingerprint density at radius 1 is 1.22 bits per heavy atom. The number of aromatic nitrogens is 1. The first-order valence-corrected chi connectivity index (χ1v) is 7.43. The van der Waals surface area contributed by atoms with Gasteiger partial charge >= 0.3 is 5.92 Å². The first kappa shape index (κ1) is 18.5. The second kappa shape index (κ2) is 6.82. The molecular formula is C16H11F5N4O2. The molecule has 0 fully saturated rings. The summed E-state index contributed by atoms with van der Waals surface area (Å²) in [6.45, 7) is -1.09. The lowest BCUT2D eigenvalue weighted by molar-refractivity contribution is -0.0788. The zero-order valence-electron chi connectivity index (χ0n) is 13.3. The molecule has 2 heterocycles. The third-order valence-electron chi connectivity index (χ3n) is 3.64. The molecule has 0 bridgehead atoms. The van der Waals surface area contributed by atoms with Gasteiger partial charge in [-0.1, -0.05) is 0 Å². The monoisotopic (exact) mass is 386 g/mol. The minimum atomic E-state index is -3.54. The summed E-state index contributed by atoms with van der Waals surface area (Å²) in [5.74, 6) is -7.83. The highest BCUT2D eigenvalue weighted by Gasteiger charge is 2.46. The van der Waals surface area contributed by atoms with Crippen LogP contribution >= 0.6 is 0 Å². The predicted molar refractivity (Wildman–Crippen MR) is 83.8 cm³/mol. The van der Waals surface area contributed by atoms with Crippen LogP contribution in [0.5, 0.6) is 0 Å². The van der Waals surface area contributed by atoms with Crippen LogP contribution in [0.15, 0.2) is 35.5 Å². The Kier molecular flexibility index (Phi) is 4.68. The van der Waals surface area contributed by atoms with Gasteiger partial charge in [0.25, 0.3) is 11.9 Å². The number of nitrogens with zero attached hydrogens (tertiary/aromatic N) is 2. The molecule has 0 saturated heterocycles. The third kappa shape index (κ3) is 3.81. The van der Waals surface area contributed by atoms with E-state index in [2.05, 4.69) is 20.0 Å². The summed E-state index contributed by atoms with van der Waals surface area (Å²) in [6.07, 6.45) is 0.633. The highest BCUT2D eigenvalue weighted by Crippen LogP contribution is 2.39. The maximum Gasteiger partial charge on any atom is 0.307 e. The summed E-state index contributed by atoms with van der Waals surface area (Å²) in [5, 5.41) is 2.18. The second-order valence-electron chi connectivity index (χ2n) is 5.59. The number of amides is 1. The van der Waals surface area contributed by atoms with Gasteiger partial charge in [0.2, 0.25) is 0 Å². The van der Waals surface area contributed by atoms with Crippen LogP contribution in [0.25, 0.3) is 0 Å². The van der Waals surface area contributed by atoms with E-state index in [1.807, 2.05) is 0 Å². The molecule has 3 rings (SSSR count). The fourth-order valence-electron chi connectivity index (χ4n) is 2.41. The maximum atomic E-state index is 14.1. The summed E-state index contributed by atoms with van der Waals surface area (Å²) < 4.78 is 73.1. The van der Waals surface area contributed by atoms with E-state index in [4.69, 9.17) is 5.73 Å². The number of amidine groups is 1. The van der Waals surface area contributed by atoms with E-state index >= 15 is 0 Å². The van der Waals surface area contributed by atoms with Crippen molar-refractivity contribution in [3.8, 4) is 0 Å². The highest BCUT2D eigenvalue weighted by molar-refractivity contribution is 6.03. The second-order valence-corrected chi connectivity index (χ2v) is 5.59. The molecule has 1 aliphatic heterocycles. The Morgan fingerprint density at radius 2 is 1.96 bits per heavy atom. The van der Waals surface area contributed by atoms with E-state index in [9.17, 15) is 26.7 Å². The number of hydrogen-bond acceptors (Lipinski definition) is 5. The Morgan fingerprint density at radius 3 is 2.67 bits per heavy atom. The van der Waals surface area contributed by atoms with Crippen molar-refractivity contribution in [1.29, 1.82) is 0 Å². The fourth-order valence-corrected chi connectivity index (χ4v) is 2.41. The lowest BCUT2D eigenvalue weighted by Crippen LogP contribution is -2.40. The third-order valence-corrected chi connectivity index (χ3v) is 3.64. The van der Waals surface area contributed by atoms with Crippen molar-refractivity contribution in [2.24, 2.45) is 10.7 Å². The number of nitrogens with two attached hydrogens (primary N) is 1. The number of pyridine rings is 1. The van der Waals surface area contributed by atoms with Crippen molar-refractivity contribution in [2.75, 3.05) is 11.9 Å². The molecule has 3 N–H and O–H groups in total. The fraction of sp³-hybridized carbons (Fsp3) is 0.188. The normalized spacial score (nSPS) is 18.4. The number of aliphatic imine (C=N–C) groups is 1. The summed E-state index contributed by atoms with van der Waals surface area (Å²) in [6, 6.07) is 0.772. The molecule has 142 valence electrons. The van der Waals surface area contributed by atoms with Crippen LogP contribution < -0.4 is 11.1 Å². The van der Waals surface area contributed by atoms with Gasteiger partial charge in [-0.3, -0.25) is 4.79 Å². The SMILES string of the molecule is NC1=NC(c2cc(NC(=O)c3ncc(F)cc3F)ccc2F)C(F)(F)CO1. The van der Waals surface area contributed by atoms with Crippen LogP contribution in [0.1, 0.15) is 22.1 Å². The van der Waals surface area contributed by atoms with Crippen LogP contribution in [-0.4, -0.2) is 29.4 Å². The quantitative estimate of drug-likeness (QED) is 0.794. The van der Waals surface area contributed by atoms with E-state index in [1.54, 1.807) is 0 Å². The van der Waals surface area contributed by atoms with Gasteiger partial charge in [0, 0.05) is 17.3 Å². The lowest BCUT2D eigenvalue weighted by Gasteiger charge is -2.28. The maximum absolute atomic E-state index is 14.1. The molecule has 0 spiro atoms. The molecule has 11 heteroatoms. The highest BCUT2D eigenvalue weighted by atomic mass is 19.3. The predicted octanol–water partition coefficient (Wildman–Crippen LogP) is 2.77.